The van der Waals surface area contributed by atoms with E-state index in [1.807, 2.05) is 62.4 Å². The van der Waals surface area contributed by atoms with Crippen LogP contribution in [0.1, 0.15) is 28.2 Å². The Balaban J connectivity index is 1.80. The molecule has 0 fully saturated rings. The van der Waals surface area contributed by atoms with Gasteiger partial charge in [0.15, 0.2) is 0 Å². The van der Waals surface area contributed by atoms with E-state index in [2.05, 4.69) is 5.32 Å². The Morgan fingerprint density at radius 1 is 0.902 bits per heavy atom. The lowest BCUT2D eigenvalue weighted by atomic mass is 9.82. The van der Waals surface area contributed by atoms with Gasteiger partial charge in [-0.25, -0.2) is 4.79 Å². The molecule has 2 heterocycles. The number of nitrogens with zero attached hydrogens (tertiary/aromatic N) is 1. The van der Waals surface area contributed by atoms with E-state index in [-0.39, 0.29) is 17.0 Å². The number of aromatic nitrogens is 1. The number of amides is 1. The summed E-state index contributed by atoms with van der Waals surface area (Å²) in [4.78, 5) is 41.1. The third kappa shape index (κ3) is 5.31. The summed E-state index contributed by atoms with van der Waals surface area (Å²) in [6.07, 6.45) is 1.75. The van der Waals surface area contributed by atoms with Crippen LogP contribution in [0.4, 0.5) is 5.69 Å². The number of hydrogen-bond donors (Lipinski definition) is 2. The normalized spacial score (nSPS) is 15.0. The molecule has 1 atom stereocenters. The second kappa shape index (κ2) is 11.3. The number of carbonyl (C=O) groups is 2. The van der Waals surface area contributed by atoms with E-state index in [0.717, 1.165) is 28.0 Å². The van der Waals surface area contributed by atoms with E-state index in [9.17, 15) is 14.4 Å². The molecule has 1 aliphatic rings. The van der Waals surface area contributed by atoms with Crippen molar-refractivity contribution in [2.45, 2.75) is 19.8 Å². The summed E-state index contributed by atoms with van der Waals surface area (Å²) in [5.74, 6) is -1.52. The average Bonchev–Trinajstić information content (AvgIpc) is 3.29. The van der Waals surface area contributed by atoms with Gasteiger partial charge in [-0.15, -0.1) is 11.3 Å². The number of nitrogens with two attached hydrogens (primary N) is 1. The number of esters is 1. The van der Waals surface area contributed by atoms with Gasteiger partial charge in [-0.05, 0) is 55.3 Å². The molecule has 0 aliphatic carbocycles. The van der Waals surface area contributed by atoms with Crippen LogP contribution in [0.5, 0.6) is 5.75 Å². The quantitative estimate of drug-likeness (QED) is 0.346. The van der Waals surface area contributed by atoms with Crippen molar-refractivity contribution in [3.05, 3.63) is 120 Å². The highest BCUT2D eigenvalue weighted by Crippen LogP contribution is 2.37. The Kier molecular flexibility index (Phi) is 7.63. The van der Waals surface area contributed by atoms with Gasteiger partial charge in [0.05, 0.1) is 35.8 Å². The topological polar surface area (TPSA) is 113 Å². The van der Waals surface area contributed by atoms with Gasteiger partial charge in [0.2, 0.25) is 0 Å². The fourth-order valence-corrected chi connectivity index (χ4v) is 5.93. The minimum absolute atomic E-state index is 0.0190. The number of nitrogens with one attached hydrogen (secondary N) is 1. The Morgan fingerprint density at radius 2 is 1.51 bits per heavy atom. The molecule has 0 saturated carbocycles. The van der Waals surface area contributed by atoms with Crippen molar-refractivity contribution in [3.63, 3.8) is 0 Å². The third-order valence-corrected chi connectivity index (χ3v) is 8.04. The fourth-order valence-electron chi connectivity index (χ4n) is 4.76. The van der Waals surface area contributed by atoms with Crippen molar-refractivity contribution in [2.24, 2.45) is 5.73 Å². The van der Waals surface area contributed by atoms with Crippen LogP contribution in [0.2, 0.25) is 0 Å². The van der Waals surface area contributed by atoms with Crippen molar-refractivity contribution in [2.75, 3.05) is 19.5 Å². The molecule has 1 aliphatic heterocycles. The number of anilines is 1. The van der Waals surface area contributed by atoms with E-state index in [4.69, 9.17) is 15.2 Å². The van der Waals surface area contributed by atoms with Crippen LogP contribution in [0, 0.1) is 13.8 Å². The Hall–Kier alpha value is -4.89. The lowest BCUT2D eigenvalue weighted by Crippen LogP contribution is -2.42. The smallest absolute Gasteiger partial charge is 0.338 e. The number of benzene rings is 3. The first-order valence-electron chi connectivity index (χ1n) is 12.9. The molecule has 3 N–H and O–H groups in total. The van der Waals surface area contributed by atoms with Gasteiger partial charge in [-0.1, -0.05) is 59.7 Å². The summed E-state index contributed by atoms with van der Waals surface area (Å²) in [5.41, 5.74) is 10.5. The van der Waals surface area contributed by atoms with Crippen molar-refractivity contribution in [1.29, 1.82) is 0 Å². The van der Waals surface area contributed by atoms with Gasteiger partial charge in [-0.2, -0.15) is 0 Å². The highest BCUT2D eigenvalue weighted by atomic mass is 32.1. The van der Waals surface area contributed by atoms with Crippen LogP contribution in [-0.4, -0.2) is 30.7 Å². The van der Waals surface area contributed by atoms with Gasteiger partial charge >= 0.3 is 5.97 Å². The molecule has 0 radical (unpaired) electrons. The minimum Gasteiger partial charge on any atom is -0.497 e. The van der Waals surface area contributed by atoms with Gasteiger partial charge in [-0.3, -0.25) is 14.2 Å². The number of aryl methyl sites for hydroxylation is 2. The lowest BCUT2D eigenvalue weighted by molar-refractivity contribution is -0.136. The zero-order valence-electron chi connectivity index (χ0n) is 23.1. The lowest BCUT2D eigenvalue weighted by Gasteiger charge is -2.27. The fraction of sp³-hybridized carbons (Fsp3) is 0.156. The number of ether oxygens (including phenoxy) is 2. The standard InChI is InChI=1S/C32H29N3O5S/c1-18-5-9-20(10-6-18)17-24-30(37)35-28(33)26(32(38)40-4)25(21-11-7-19(2)8-12-21)27(31(35)41-24)29(36)34-22-13-15-23(39-3)16-14-22/h5-17,25H,33H2,1-4H3,(H,34,36)/b24-17+. The van der Waals surface area contributed by atoms with Crippen LogP contribution in [0.25, 0.3) is 17.5 Å². The molecule has 0 spiro atoms. The summed E-state index contributed by atoms with van der Waals surface area (Å²) in [7, 11) is 2.80. The Labute approximate surface area is 240 Å². The van der Waals surface area contributed by atoms with Crippen molar-refractivity contribution >= 4 is 46.4 Å². The Morgan fingerprint density at radius 3 is 2.10 bits per heavy atom. The number of methoxy groups -OCH3 is 2. The summed E-state index contributed by atoms with van der Waals surface area (Å²) >= 11 is 1.15. The highest BCUT2D eigenvalue weighted by Gasteiger charge is 2.39. The average molecular weight is 568 g/mol. The largest absolute Gasteiger partial charge is 0.497 e. The van der Waals surface area contributed by atoms with Crippen LogP contribution in [0.3, 0.4) is 0 Å². The number of rotatable bonds is 6. The van der Waals surface area contributed by atoms with Crippen LogP contribution in [-0.2, 0) is 14.3 Å². The molecule has 8 nitrogen and oxygen atoms in total. The summed E-state index contributed by atoms with van der Waals surface area (Å²) in [5, 5.41) is 2.93. The molecule has 1 amide bonds. The zero-order valence-corrected chi connectivity index (χ0v) is 23.9. The molecule has 0 saturated heterocycles. The Bertz CT molecular complexity index is 1850. The van der Waals surface area contributed by atoms with Gasteiger partial charge in [0, 0.05) is 5.69 Å². The predicted octanol–water partition coefficient (Wildman–Crippen LogP) is 3.25. The first-order chi connectivity index (χ1) is 19.7. The van der Waals surface area contributed by atoms with Crippen LogP contribution in [0.15, 0.2) is 83.2 Å². The highest BCUT2D eigenvalue weighted by molar-refractivity contribution is 7.07. The SMILES string of the molecule is COC(=O)C1=C(N)n2c(s/c(=C/c3ccc(C)cc3)c2=O)=C(C(=O)Nc2ccc(OC)cc2)C1c1ccc(C)cc1. The van der Waals surface area contributed by atoms with Gasteiger partial charge in [0.25, 0.3) is 11.5 Å². The summed E-state index contributed by atoms with van der Waals surface area (Å²) < 4.78 is 12.3. The molecule has 41 heavy (non-hydrogen) atoms. The van der Waals surface area contributed by atoms with Gasteiger partial charge in [0.1, 0.15) is 16.2 Å². The van der Waals surface area contributed by atoms with E-state index in [1.165, 1.54) is 11.7 Å². The predicted molar refractivity (Wildman–Crippen MR) is 161 cm³/mol. The monoisotopic (exact) mass is 567 g/mol. The molecular formula is C32H29N3O5S. The minimum atomic E-state index is -0.883. The van der Waals surface area contributed by atoms with Crippen molar-refractivity contribution in [3.8, 4) is 5.75 Å². The molecular weight excluding hydrogens is 538 g/mol. The number of hydrogen-bond acceptors (Lipinski definition) is 7. The van der Waals surface area contributed by atoms with Gasteiger partial charge < -0.3 is 20.5 Å². The van der Waals surface area contributed by atoms with Crippen LogP contribution < -0.4 is 30.5 Å². The second-order valence-corrected chi connectivity index (χ2v) is 10.7. The maximum Gasteiger partial charge on any atom is 0.338 e. The maximum atomic E-state index is 14.1. The molecule has 4 aromatic rings. The maximum absolute atomic E-state index is 14.1. The van der Waals surface area contributed by atoms with Crippen molar-refractivity contribution < 1.29 is 19.1 Å². The second-order valence-electron chi connectivity index (χ2n) is 9.70. The first kappa shape index (κ1) is 27.7. The molecule has 1 aromatic heterocycles. The molecule has 3 aromatic carbocycles. The van der Waals surface area contributed by atoms with E-state index in [1.54, 1.807) is 37.5 Å². The molecule has 208 valence electrons. The van der Waals surface area contributed by atoms with E-state index in [0.29, 0.717) is 26.2 Å². The van der Waals surface area contributed by atoms with E-state index < -0.39 is 23.4 Å². The molecule has 9 heteroatoms. The number of thiazole rings is 1. The van der Waals surface area contributed by atoms with Crippen molar-refractivity contribution in [1.82, 2.24) is 4.57 Å². The molecule has 5 rings (SSSR count). The summed E-state index contributed by atoms with van der Waals surface area (Å²) in [6.45, 7) is 3.93. The molecule has 0 bridgehead atoms. The van der Waals surface area contributed by atoms with E-state index >= 15 is 0 Å². The van der Waals surface area contributed by atoms with Crippen LogP contribution >= 0.6 is 11.3 Å². The molecule has 1 unspecified atom stereocenters. The number of carbonyl (C=O) groups excluding carboxylic acids is 2. The zero-order chi connectivity index (χ0) is 29.3. The summed E-state index contributed by atoms with van der Waals surface area (Å²) in [6, 6.07) is 22.1. The first-order valence-corrected chi connectivity index (χ1v) is 13.7. The number of fused-ring (bicyclic) bond motifs is 1. The third-order valence-electron chi connectivity index (χ3n) is 6.93.